The van der Waals surface area contributed by atoms with Gasteiger partial charge >= 0.3 is 0 Å². The Morgan fingerprint density at radius 3 is 2.67 bits per heavy atom. The van der Waals surface area contributed by atoms with E-state index in [4.69, 9.17) is 0 Å². The predicted molar refractivity (Wildman–Crippen MR) is 116 cm³/mol. The number of carbonyl (C=O) groups is 1. The molecule has 30 heavy (non-hydrogen) atoms. The van der Waals surface area contributed by atoms with E-state index in [9.17, 15) is 9.59 Å². The first-order valence-electron chi connectivity index (χ1n) is 9.44. The maximum atomic E-state index is 12.3. The van der Waals surface area contributed by atoms with Crippen molar-refractivity contribution >= 4 is 17.2 Å². The fourth-order valence-corrected chi connectivity index (χ4v) is 3.75. The minimum atomic E-state index is -0.329. The second-order valence-corrected chi connectivity index (χ2v) is 7.42. The fraction of sp³-hybridized carbons (Fsp3) is 0.136. The summed E-state index contributed by atoms with van der Waals surface area (Å²) in [5.41, 5.74) is 3.05. The number of hydrogen-bond donors (Lipinski definition) is 1. The summed E-state index contributed by atoms with van der Waals surface area (Å²) in [4.78, 5) is 33.0. The molecule has 0 aliphatic carbocycles. The molecule has 4 aromatic rings. The molecule has 0 aliphatic heterocycles. The normalized spacial score (nSPS) is 10.7. The molecule has 0 unspecified atom stereocenters. The van der Waals surface area contributed by atoms with Crippen LogP contribution >= 0.6 is 11.3 Å². The summed E-state index contributed by atoms with van der Waals surface area (Å²) in [5, 5.41) is 10.1. The first-order valence-corrected chi connectivity index (χ1v) is 10.3. The number of aromatic nitrogens is 4. The van der Waals surface area contributed by atoms with Crippen LogP contribution in [0.5, 0.6) is 0 Å². The second-order valence-electron chi connectivity index (χ2n) is 6.57. The maximum absolute atomic E-state index is 12.3. The summed E-state index contributed by atoms with van der Waals surface area (Å²) in [6.45, 7) is 0.299. The average molecular weight is 417 g/mol. The van der Waals surface area contributed by atoms with Crippen LogP contribution in [-0.2, 0) is 17.8 Å². The monoisotopic (exact) mass is 417 g/mol. The Balaban J connectivity index is 1.33. The highest BCUT2D eigenvalue weighted by Crippen LogP contribution is 2.23. The van der Waals surface area contributed by atoms with Gasteiger partial charge in [0.1, 0.15) is 11.6 Å². The summed E-state index contributed by atoms with van der Waals surface area (Å²) in [7, 11) is 0. The standard InChI is InChI=1S/C22H19N5O2S/c28-20(14-27-21(29)9-8-19(26-27)17-7-4-11-23-13-17)24-12-10-18-15-30-22(25-18)16-5-2-1-3-6-16/h1-9,11,13,15H,10,12,14H2,(H,24,28). The van der Waals surface area contributed by atoms with Crippen LogP contribution in [-0.4, -0.2) is 32.2 Å². The molecule has 0 saturated carbocycles. The highest BCUT2D eigenvalue weighted by molar-refractivity contribution is 7.13. The van der Waals surface area contributed by atoms with E-state index in [0.717, 1.165) is 26.5 Å². The van der Waals surface area contributed by atoms with Gasteiger partial charge in [-0.1, -0.05) is 30.3 Å². The van der Waals surface area contributed by atoms with Gasteiger partial charge in [0.15, 0.2) is 0 Å². The summed E-state index contributed by atoms with van der Waals surface area (Å²) < 4.78 is 1.16. The Morgan fingerprint density at radius 1 is 1.03 bits per heavy atom. The molecule has 0 atom stereocenters. The summed E-state index contributed by atoms with van der Waals surface area (Å²) >= 11 is 1.58. The van der Waals surface area contributed by atoms with E-state index in [1.165, 1.54) is 6.07 Å². The third-order valence-corrected chi connectivity index (χ3v) is 5.33. The van der Waals surface area contributed by atoms with E-state index < -0.39 is 0 Å². The molecule has 8 heteroatoms. The number of thiazole rings is 1. The van der Waals surface area contributed by atoms with Crippen molar-refractivity contribution in [3.63, 3.8) is 0 Å². The van der Waals surface area contributed by atoms with E-state index in [2.05, 4.69) is 20.4 Å². The van der Waals surface area contributed by atoms with Crippen molar-refractivity contribution in [3.05, 3.63) is 88.4 Å². The van der Waals surface area contributed by atoms with E-state index in [-0.39, 0.29) is 18.0 Å². The lowest BCUT2D eigenvalue weighted by Gasteiger charge is -2.08. The zero-order chi connectivity index (χ0) is 20.8. The predicted octanol–water partition coefficient (Wildman–Crippen LogP) is 2.79. The number of hydrogen-bond acceptors (Lipinski definition) is 6. The van der Waals surface area contributed by atoms with Crippen LogP contribution in [0.3, 0.4) is 0 Å². The molecule has 1 aromatic carbocycles. The van der Waals surface area contributed by atoms with Crippen molar-refractivity contribution < 1.29 is 4.79 Å². The van der Waals surface area contributed by atoms with Gasteiger partial charge in [-0.05, 0) is 18.2 Å². The molecule has 3 heterocycles. The number of amides is 1. The van der Waals surface area contributed by atoms with Crippen LogP contribution in [0, 0.1) is 0 Å². The van der Waals surface area contributed by atoms with Gasteiger partial charge in [0.05, 0.1) is 11.4 Å². The molecule has 150 valence electrons. The van der Waals surface area contributed by atoms with Crippen molar-refractivity contribution in [2.24, 2.45) is 0 Å². The van der Waals surface area contributed by atoms with Crippen LogP contribution < -0.4 is 10.9 Å². The fourth-order valence-electron chi connectivity index (χ4n) is 2.89. The molecular weight excluding hydrogens is 398 g/mol. The Morgan fingerprint density at radius 2 is 1.87 bits per heavy atom. The SMILES string of the molecule is O=C(Cn1nc(-c2cccnc2)ccc1=O)NCCc1csc(-c2ccccc2)n1. The summed E-state index contributed by atoms with van der Waals surface area (Å²) in [6.07, 6.45) is 3.94. The van der Waals surface area contributed by atoms with Gasteiger partial charge in [-0.25, -0.2) is 9.67 Å². The number of pyridine rings is 1. The average Bonchev–Trinajstić information content (AvgIpc) is 3.25. The van der Waals surface area contributed by atoms with Crippen molar-refractivity contribution in [2.75, 3.05) is 6.54 Å². The zero-order valence-corrected chi connectivity index (χ0v) is 16.9. The number of nitrogens with one attached hydrogen (secondary N) is 1. The van der Waals surface area contributed by atoms with E-state index in [1.807, 2.05) is 41.8 Å². The Labute approximate surface area is 177 Å². The van der Waals surface area contributed by atoms with Gasteiger partial charge in [-0.2, -0.15) is 5.10 Å². The molecule has 3 aromatic heterocycles. The van der Waals surface area contributed by atoms with Gasteiger partial charge in [0.2, 0.25) is 5.91 Å². The third-order valence-electron chi connectivity index (χ3n) is 4.39. The highest BCUT2D eigenvalue weighted by Gasteiger charge is 2.09. The molecule has 0 fully saturated rings. The van der Waals surface area contributed by atoms with Gasteiger partial charge < -0.3 is 5.32 Å². The maximum Gasteiger partial charge on any atom is 0.267 e. The second kappa shape index (κ2) is 9.23. The van der Waals surface area contributed by atoms with Gasteiger partial charge in [-0.3, -0.25) is 14.6 Å². The number of carbonyl (C=O) groups excluding carboxylic acids is 1. The van der Waals surface area contributed by atoms with Crippen molar-refractivity contribution in [1.29, 1.82) is 0 Å². The lowest BCUT2D eigenvalue weighted by atomic mass is 10.2. The molecular formula is C22H19N5O2S. The summed E-state index contributed by atoms with van der Waals surface area (Å²) in [5.74, 6) is -0.272. The van der Waals surface area contributed by atoms with E-state index in [1.54, 1.807) is 35.9 Å². The molecule has 0 aliphatic rings. The van der Waals surface area contributed by atoms with Crippen molar-refractivity contribution in [2.45, 2.75) is 13.0 Å². The minimum Gasteiger partial charge on any atom is -0.354 e. The number of nitrogens with zero attached hydrogens (tertiary/aromatic N) is 4. The minimum absolute atomic E-state index is 0.140. The van der Waals surface area contributed by atoms with E-state index >= 15 is 0 Å². The van der Waals surface area contributed by atoms with Crippen LogP contribution in [0.25, 0.3) is 21.8 Å². The topological polar surface area (TPSA) is 89.8 Å². The van der Waals surface area contributed by atoms with Crippen LogP contribution in [0.4, 0.5) is 0 Å². The van der Waals surface area contributed by atoms with Gasteiger partial charge in [0, 0.05) is 47.9 Å². The molecule has 4 rings (SSSR count). The zero-order valence-electron chi connectivity index (χ0n) is 16.1. The first kappa shape index (κ1) is 19.7. The molecule has 0 radical (unpaired) electrons. The van der Waals surface area contributed by atoms with Gasteiger partial charge in [0.25, 0.3) is 5.56 Å². The lowest BCUT2D eigenvalue weighted by Crippen LogP contribution is -2.34. The molecule has 7 nitrogen and oxygen atoms in total. The van der Waals surface area contributed by atoms with Gasteiger partial charge in [-0.15, -0.1) is 11.3 Å². The Bertz CT molecular complexity index is 1190. The summed E-state index contributed by atoms with van der Waals surface area (Å²) in [6, 6.07) is 16.7. The smallest absolute Gasteiger partial charge is 0.267 e. The number of benzene rings is 1. The van der Waals surface area contributed by atoms with Crippen LogP contribution in [0.2, 0.25) is 0 Å². The number of rotatable bonds is 7. The molecule has 0 spiro atoms. The Kier molecular flexibility index (Phi) is 6.05. The molecule has 0 bridgehead atoms. The highest BCUT2D eigenvalue weighted by atomic mass is 32.1. The third kappa shape index (κ3) is 4.84. The van der Waals surface area contributed by atoms with Crippen molar-refractivity contribution in [3.8, 4) is 21.8 Å². The quantitative estimate of drug-likeness (QED) is 0.499. The largest absolute Gasteiger partial charge is 0.354 e. The Hall–Kier alpha value is -3.65. The van der Waals surface area contributed by atoms with Crippen LogP contribution in [0.15, 0.2) is 77.2 Å². The lowest BCUT2D eigenvalue weighted by molar-refractivity contribution is -0.121. The molecule has 0 saturated heterocycles. The van der Waals surface area contributed by atoms with E-state index in [0.29, 0.717) is 18.7 Å². The van der Waals surface area contributed by atoms with Crippen LogP contribution in [0.1, 0.15) is 5.69 Å². The first-order chi connectivity index (χ1) is 14.7. The molecule has 1 amide bonds. The van der Waals surface area contributed by atoms with Crippen molar-refractivity contribution in [1.82, 2.24) is 25.1 Å². The molecule has 1 N–H and O–H groups in total.